The van der Waals surface area contributed by atoms with Crippen molar-refractivity contribution in [2.75, 3.05) is 24.5 Å². The molecule has 7 heteroatoms. The highest BCUT2D eigenvalue weighted by Crippen LogP contribution is 2.18. The average Bonchev–Trinajstić information content (AvgIpc) is 2.53. The van der Waals surface area contributed by atoms with Gasteiger partial charge >= 0.3 is 0 Å². The van der Waals surface area contributed by atoms with Gasteiger partial charge in [0.25, 0.3) is 0 Å². The summed E-state index contributed by atoms with van der Waals surface area (Å²) in [5.41, 5.74) is 0.576. The number of benzene rings is 1. The van der Waals surface area contributed by atoms with E-state index in [1.807, 2.05) is 17.0 Å². The first-order valence-corrected chi connectivity index (χ1v) is 7.90. The third-order valence-corrected chi connectivity index (χ3v) is 4.18. The van der Waals surface area contributed by atoms with Crippen LogP contribution >= 0.6 is 15.9 Å². The van der Waals surface area contributed by atoms with Crippen molar-refractivity contribution in [2.45, 2.75) is 6.54 Å². The van der Waals surface area contributed by atoms with Crippen molar-refractivity contribution >= 4 is 27.7 Å². The van der Waals surface area contributed by atoms with Crippen LogP contribution in [0.25, 0.3) is 0 Å². The molecule has 0 spiro atoms. The van der Waals surface area contributed by atoms with Crippen LogP contribution in [-0.2, 0) is 11.3 Å². The minimum Gasteiger partial charge on any atom is -0.346 e. The molecule has 1 saturated heterocycles. The van der Waals surface area contributed by atoms with Gasteiger partial charge in [-0.05, 0) is 45.8 Å². The summed E-state index contributed by atoms with van der Waals surface area (Å²) in [6.07, 6.45) is 1.69. The number of aromatic nitrogens is 1. The van der Waals surface area contributed by atoms with Gasteiger partial charge in [0.1, 0.15) is 5.82 Å². The maximum Gasteiger partial charge on any atom is 0.242 e. The van der Waals surface area contributed by atoms with Gasteiger partial charge in [0.15, 0.2) is 11.6 Å². The molecule has 0 aliphatic carbocycles. The number of pyridine rings is 1. The van der Waals surface area contributed by atoms with Gasteiger partial charge in [-0.3, -0.25) is 4.79 Å². The summed E-state index contributed by atoms with van der Waals surface area (Å²) in [7, 11) is 0. The fraction of sp³-hybridized carbons (Fsp3) is 0.250. The number of rotatable bonds is 3. The first-order chi connectivity index (χ1) is 11.0. The van der Waals surface area contributed by atoms with E-state index in [1.54, 1.807) is 11.1 Å². The summed E-state index contributed by atoms with van der Waals surface area (Å²) in [6, 6.07) is 7.43. The number of anilines is 1. The topological polar surface area (TPSA) is 36.4 Å². The molecule has 0 N–H and O–H groups in total. The molecule has 1 aliphatic rings. The van der Waals surface area contributed by atoms with Gasteiger partial charge in [0.05, 0.1) is 6.54 Å². The average molecular weight is 382 g/mol. The van der Waals surface area contributed by atoms with Crippen LogP contribution in [0.3, 0.4) is 0 Å². The smallest absolute Gasteiger partial charge is 0.242 e. The van der Waals surface area contributed by atoms with Crippen molar-refractivity contribution in [3.05, 3.63) is 58.2 Å². The lowest BCUT2D eigenvalue weighted by molar-refractivity contribution is -0.131. The highest BCUT2D eigenvalue weighted by Gasteiger charge is 2.25. The Balaban J connectivity index is 1.65. The summed E-state index contributed by atoms with van der Waals surface area (Å²) in [6.45, 7) is 1.65. The van der Waals surface area contributed by atoms with Crippen LogP contribution < -0.4 is 4.90 Å². The Labute approximate surface area is 140 Å². The fourth-order valence-corrected chi connectivity index (χ4v) is 2.72. The van der Waals surface area contributed by atoms with Gasteiger partial charge in [-0.1, -0.05) is 6.07 Å². The maximum absolute atomic E-state index is 13.2. The van der Waals surface area contributed by atoms with E-state index >= 15 is 0 Å². The molecule has 2 heterocycles. The molecule has 4 nitrogen and oxygen atoms in total. The van der Waals surface area contributed by atoms with Crippen molar-refractivity contribution in [3.8, 4) is 0 Å². The quantitative estimate of drug-likeness (QED) is 0.819. The van der Waals surface area contributed by atoms with E-state index in [0.29, 0.717) is 18.7 Å². The Bertz CT molecular complexity index is 724. The van der Waals surface area contributed by atoms with Gasteiger partial charge in [0.2, 0.25) is 5.91 Å². The van der Waals surface area contributed by atoms with Crippen molar-refractivity contribution in [1.82, 2.24) is 9.88 Å². The normalized spacial score (nSPS) is 15.2. The summed E-state index contributed by atoms with van der Waals surface area (Å²) in [5.74, 6) is -1.10. The summed E-state index contributed by atoms with van der Waals surface area (Å²) in [4.78, 5) is 20.1. The minimum absolute atomic E-state index is 0.0642. The lowest BCUT2D eigenvalue weighted by Gasteiger charge is -2.35. The van der Waals surface area contributed by atoms with Crippen LogP contribution in [0.4, 0.5) is 14.6 Å². The molecule has 0 radical (unpaired) electrons. The van der Waals surface area contributed by atoms with Crippen LogP contribution in [-0.4, -0.2) is 35.4 Å². The van der Waals surface area contributed by atoms with Crippen LogP contribution in [0.1, 0.15) is 5.56 Å². The number of piperazine rings is 1. The number of carbonyl (C=O) groups is 1. The third kappa shape index (κ3) is 3.67. The number of carbonyl (C=O) groups excluding carboxylic acids is 1. The Morgan fingerprint density at radius 3 is 2.61 bits per heavy atom. The van der Waals surface area contributed by atoms with E-state index in [9.17, 15) is 13.6 Å². The molecule has 0 unspecified atom stereocenters. The van der Waals surface area contributed by atoms with Gasteiger partial charge in [-0.15, -0.1) is 0 Å². The Morgan fingerprint density at radius 1 is 1.13 bits per heavy atom. The second-order valence-electron chi connectivity index (χ2n) is 5.32. The Morgan fingerprint density at radius 2 is 1.96 bits per heavy atom. The second kappa shape index (κ2) is 6.62. The number of amides is 1. The van der Waals surface area contributed by atoms with E-state index in [2.05, 4.69) is 20.9 Å². The van der Waals surface area contributed by atoms with E-state index in [4.69, 9.17) is 0 Å². The van der Waals surface area contributed by atoms with E-state index in [-0.39, 0.29) is 19.0 Å². The largest absolute Gasteiger partial charge is 0.346 e. The molecular formula is C16H14BrF2N3O. The van der Waals surface area contributed by atoms with Crippen LogP contribution in [0, 0.1) is 11.6 Å². The van der Waals surface area contributed by atoms with Gasteiger partial charge < -0.3 is 9.80 Å². The molecule has 1 amide bonds. The van der Waals surface area contributed by atoms with E-state index in [1.165, 1.54) is 6.07 Å². The number of hydrogen-bond donors (Lipinski definition) is 0. The minimum atomic E-state index is -0.896. The van der Waals surface area contributed by atoms with Gasteiger partial charge in [-0.2, -0.15) is 0 Å². The Kier molecular flexibility index (Phi) is 4.56. The zero-order valence-electron chi connectivity index (χ0n) is 12.2. The molecule has 1 aromatic carbocycles. The predicted octanol–water partition coefficient (Wildman–Crippen LogP) is 2.97. The number of hydrogen-bond acceptors (Lipinski definition) is 3. The lowest BCUT2D eigenvalue weighted by Crippen LogP contribution is -2.50. The van der Waals surface area contributed by atoms with Crippen LogP contribution in [0.5, 0.6) is 0 Å². The molecule has 23 heavy (non-hydrogen) atoms. The molecule has 1 aliphatic heterocycles. The zero-order valence-corrected chi connectivity index (χ0v) is 13.8. The lowest BCUT2D eigenvalue weighted by atomic mass is 10.2. The molecular weight excluding hydrogens is 368 g/mol. The van der Waals surface area contributed by atoms with Crippen LogP contribution in [0.2, 0.25) is 0 Å². The fourth-order valence-electron chi connectivity index (χ4n) is 2.48. The second-order valence-corrected chi connectivity index (χ2v) is 6.24. The van der Waals surface area contributed by atoms with Gasteiger partial charge in [-0.25, -0.2) is 13.8 Å². The molecule has 1 aromatic heterocycles. The molecule has 120 valence electrons. The molecule has 2 aromatic rings. The van der Waals surface area contributed by atoms with Gasteiger partial charge in [0, 0.05) is 30.3 Å². The summed E-state index contributed by atoms with van der Waals surface area (Å²) >= 11 is 3.33. The molecule has 0 atom stereocenters. The van der Waals surface area contributed by atoms with Crippen molar-refractivity contribution in [3.63, 3.8) is 0 Å². The van der Waals surface area contributed by atoms with E-state index in [0.717, 1.165) is 22.4 Å². The monoisotopic (exact) mass is 381 g/mol. The zero-order chi connectivity index (χ0) is 16.4. The van der Waals surface area contributed by atoms with Crippen molar-refractivity contribution in [2.24, 2.45) is 0 Å². The third-order valence-electron chi connectivity index (χ3n) is 3.71. The Hall–Kier alpha value is -2.02. The standard InChI is InChI=1S/C16H14BrF2N3O/c17-12-2-4-15(20-8-12)21-5-6-22(16(23)10-21)9-11-1-3-13(18)14(19)7-11/h1-4,7-8H,5-6,9-10H2. The summed E-state index contributed by atoms with van der Waals surface area (Å²) in [5, 5.41) is 0. The van der Waals surface area contributed by atoms with Crippen LogP contribution in [0.15, 0.2) is 41.0 Å². The molecule has 0 saturated carbocycles. The first kappa shape index (κ1) is 15.9. The van der Waals surface area contributed by atoms with Crippen molar-refractivity contribution in [1.29, 1.82) is 0 Å². The summed E-state index contributed by atoms with van der Waals surface area (Å²) < 4.78 is 27.1. The highest BCUT2D eigenvalue weighted by molar-refractivity contribution is 9.10. The molecule has 1 fully saturated rings. The SMILES string of the molecule is O=C1CN(c2ccc(Br)cn2)CCN1Cc1ccc(F)c(F)c1. The number of halogens is 3. The van der Waals surface area contributed by atoms with E-state index < -0.39 is 11.6 Å². The maximum atomic E-state index is 13.2. The number of nitrogens with zero attached hydrogens (tertiary/aromatic N) is 3. The molecule has 3 rings (SSSR count). The predicted molar refractivity (Wildman–Crippen MR) is 85.9 cm³/mol. The highest BCUT2D eigenvalue weighted by atomic mass is 79.9. The van der Waals surface area contributed by atoms with Crippen molar-refractivity contribution < 1.29 is 13.6 Å². The molecule has 0 bridgehead atoms. The first-order valence-electron chi connectivity index (χ1n) is 7.11.